The molecule has 1 N–H and O–H groups in total. The van der Waals surface area contributed by atoms with E-state index in [2.05, 4.69) is 10.3 Å². The largest absolute Gasteiger partial charge is 0.454 e. The summed E-state index contributed by atoms with van der Waals surface area (Å²) in [6.45, 7) is 1.37. The molecule has 0 unspecified atom stereocenters. The molecule has 0 radical (unpaired) electrons. The van der Waals surface area contributed by atoms with E-state index in [-0.39, 0.29) is 34.2 Å². The Labute approximate surface area is 174 Å². The molecule has 3 rings (SSSR count). The number of carbonyl (C=O) groups excluding carboxylic acids is 2. The van der Waals surface area contributed by atoms with Crippen molar-refractivity contribution in [2.45, 2.75) is 24.7 Å². The second kappa shape index (κ2) is 8.95. The van der Waals surface area contributed by atoms with E-state index >= 15 is 0 Å². The van der Waals surface area contributed by atoms with Gasteiger partial charge in [0.15, 0.2) is 11.5 Å². The molecule has 30 heavy (non-hydrogen) atoms. The van der Waals surface area contributed by atoms with Crippen molar-refractivity contribution in [3.05, 3.63) is 59.9 Å². The Balaban J connectivity index is 2.01. The lowest BCUT2D eigenvalue weighted by Crippen LogP contribution is -2.37. The van der Waals surface area contributed by atoms with Crippen molar-refractivity contribution in [2.24, 2.45) is 0 Å². The number of rotatable bonds is 7. The summed E-state index contributed by atoms with van der Waals surface area (Å²) in [5.41, 5.74) is -0.0424. The first-order valence-electron chi connectivity index (χ1n) is 9.19. The smallest absolute Gasteiger partial charge is 0.308 e. The van der Waals surface area contributed by atoms with Crippen molar-refractivity contribution in [3.8, 4) is 0 Å². The van der Waals surface area contributed by atoms with Gasteiger partial charge in [-0.3, -0.25) is 13.9 Å². The number of ether oxygens (including phenoxy) is 2. The second-order valence-corrected chi connectivity index (χ2v) is 8.28. The minimum atomic E-state index is -3.98. The summed E-state index contributed by atoms with van der Waals surface area (Å²) in [6, 6.07) is 11.1. The third-order valence-electron chi connectivity index (χ3n) is 4.30. The zero-order valence-corrected chi connectivity index (χ0v) is 17.3. The molecule has 10 heteroatoms. The number of carbonyl (C=O) groups is 2. The number of fused-ring (bicyclic) bond motifs is 1. The Morgan fingerprint density at radius 2 is 1.87 bits per heavy atom. The number of hydrogen-bond donors (Lipinski definition) is 1. The topological polar surface area (TPSA) is 115 Å². The molecule has 0 atom stereocenters. The van der Waals surface area contributed by atoms with E-state index in [1.54, 1.807) is 30.3 Å². The summed E-state index contributed by atoms with van der Waals surface area (Å²) in [5.74, 6) is -0.958. The van der Waals surface area contributed by atoms with Gasteiger partial charge in [-0.2, -0.15) is 0 Å². The number of esters is 1. The quantitative estimate of drug-likeness (QED) is 0.528. The average Bonchev–Trinajstić information content (AvgIpc) is 2.73. The maximum atomic E-state index is 13.0. The lowest BCUT2D eigenvalue weighted by atomic mass is 10.1. The molecule has 0 aliphatic carbocycles. The monoisotopic (exact) mass is 431 g/mol. The van der Waals surface area contributed by atoms with Gasteiger partial charge in [-0.15, -0.1) is 0 Å². The van der Waals surface area contributed by atoms with E-state index in [4.69, 9.17) is 9.47 Å². The van der Waals surface area contributed by atoms with Crippen LogP contribution in [0.2, 0.25) is 0 Å². The summed E-state index contributed by atoms with van der Waals surface area (Å²) in [7, 11) is -2.73. The number of pyridine rings is 1. The SMILES string of the molecule is CCCC(=O)OCOC1=C(C(=O)Nc2ccccn2)N(C)S(=O)(=O)c2ccccc21. The number of aromatic nitrogens is 1. The molecule has 158 valence electrons. The summed E-state index contributed by atoms with van der Waals surface area (Å²) < 4.78 is 37.4. The van der Waals surface area contributed by atoms with E-state index in [9.17, 15) is 18.0 Å². The van der Waals surface area contributed by atoms with Gasteiger partial charge >= 0.3 is 5.97 Å². The highest BCUT2D eigenvalue weighted by Gasteiger charge is 2.39. The molecule has 1 aromatic carbocycles. The fraction of sp³-hybridized carbons (Fsp3) is 0.250. The van der Waals surface area contributed by atoms with E-state index in [1.807, 2.05) is 6.92 Å². The molecule has 2 heterocycles. The van der Waals surface area contributed by atoms with Crippen molar-refractivity contribution in [2.75, 3.05) is 19.2 Å². The van der Waals surface area contributed by atoms with Crippen molar-refractivity contribution in [1.29, 1.82) is 0 Å². The van der Waals surface area contributed by atoms with Gasteiger partial charge in [0, 0.05) is 25.2 Å². The van der Waals surface area contributed by atoms with Gasteiger partial charge in [0.1, 0.15) is 5.82 Å². The van der Waals surface area contributed by atoms with Crippen molar-refractivity contribution in [1.82, 2.24) is 9.29 Å². The summed E-state index contributed by atoms with van der Waals surface area (Å²) in [6.07, 6.45) is 2.33. The molecular formula is C20H21N3O6S. The molecule has 1 amide bonds. The van der Waals surface area contributed by atoms with Crippen LogP contribution in [0.25, 0.3) is 5.76 Å². The minimum absolute atomic E-state index is 0.0133. The van der Waals surface area contributed by atoms with Gasteiger partial charge < -0.3 is 14.8 Å². The van der Waals surface area contributed by atoms with Crippen LogP contribution in [0.3, 0.4) is 0 Å². The average molecular weight is 431 g/mol. The van der Waals surface area contributed by atoms with Gasteiger partial charge in [-0.1, -0.05) is 25.1 Å². The first-order chi connectivity index (χ1) is 14.4. The number of sulfonamides is 1. The molecule has 2 aromatic rings. The second-order valence-electron chi connectivity index (χ2n) is 6.34. The third-order valence-corrected chi connectivity index (χ3v) is 6.11. The number of amides is 1. The maximum absolute atomic E-state index is 13.0. The van der Waals surface area contributed by atoms with Crippen LogP contribution in [0.15, 0.2) is 59.3 Å². The van der Waals surface area contributed by atoms with Crippen LogP contribution < -0.4 is 5.32 Å². The number of hydrogen-bond acceptors (Lipinski definition) is 7. The van der Waals surface area contributed by atoms with Gasteiger partial charge in [0.05, 0.1) is 4.90 Å². The Morgan fingerprint density at radius 1 is 1.13 bits per heavy atom. The number of anilines is 1. The predicted octanol–water partition coefficient (Wildman–Crippen LogP) is 2.34. The zero-order valence-electron chi connectivity index (χ0n) is 16.5. The number of benzene rings is 1. The Hall–Kier alpha value is -3.40. The van der Waals surface area contributed by atoms with Gasteiger partial charge in [0.2, 0.25) is 6.79 Å². The summed E-state index contributed by atoms with van der Waals surface area (Å²) in [5, 5.41) is 2.56. The van der Waals surface area contributed by atoms with Crippen LogP contribution in [-0.2, 0) is 29.1 Å². The van der Waals surface area contributed by atoms with Crippen molar-refractivity contribution >= 4 is 33.5 Å². The van der Waals surface area contributed by atoms with E-state index in [1.165, 1.54) is 25.4 Å². The molecule has 0 saturated heterocycles. The van der Waals surface area contributed by atoms with Crippen LogP contribution >= 0.6 is 0 Å². The first-order valence-corrected chi connectivity index (χ1v) is 10.6. The molecule has 1 aliphatic rings. The molecule has 1 aromatic heterocycles. The van der Waals surface area contributed by atoms with Gasteiger partial charge in [0.25, 0.3) is 15.9 Å². The maximum Gasteiger partial charge on any atom is 0.308 e. The van der Waals surface area contributed by atoms with Crippen LogP contribution in [0.1, 0.15) is 25.3 Å². The summed E-state index contributed by atoms with van der Waals surface area (Å²) >= 11 is 0. The Morgan fingerprint density at radius 3 is 2.57 bits per heavy atom. The Kier molecular flexibility index (Phi) is 6.36. The van der Waals surface area contributed by atoms with E-state index in [0.717, 1.165) is 4.31 Å². The first kappa shape index (κ1) is 21.3. The van der Waals surface area contributed by atoms with Crippen LogP contribution in [0.4, 0.5) is 5.82 Å². The van der Waals surface area contributed by atoms with Crippen molar-refractivity contribution < 1.29 is 27.5 Å². The Bertz CT molecular complexity index is 1080. The lowest BCUT2D eigenvalue weighted by Gasteiger charge is -2.30. The third kappa shape index (κ3) is 4.28. The molecule has 0 fully saturated rings. The molecule has 0 saturated carbocycles. The van der Waals surface area contributed by atoms with Crippen LogP contribution in [0, 0.1) is 0 Å². The minimum Gasteiger partial charge on any atom is -0.454 e. The summed E-state index contributed by atoms with van der Waals surface area (Å²) in [4.78, 5) is 28.6. The fourth-order valence-corrected chi connectivity index (χ4v) is 4.24. The normalized spacial score (nSPS) is 14.7. The van der Waals surface area contributed by atoms with E-state index < -0.39 is 28.7 Å². The molecule has 1 aliphatic heterocycles. The van der Waals surface area contributed by atoms with Crippen molar-refractivity contribution in [3.63, 3.8) is 0 Å². The van der Waals surface area contributed by atoms with Gasteiger partial charge in [-0.25, -0.2) is 13.4 Å². The number of nitrogens with one attached hydrogen (secondary N) is 1. The number of likely N-dealkylation sites (N-methyl/N-ethyl adjacent to an activating group) is 1. The highest BCUT2D eigenvalue weighted by molar-refractivity contribution is 7.89. The van der Waals surface area contributed by atoms with Crippen LogP contribution in [0.5, 0.6) is 0 Å². The van der Waals surface area contributed by atoms with Crippen LogP contribution in [-0.4, -0.2) is 43.4 Å². The fourth-order valence-electron chi connectivity index (χ4n) is 2.85. The molecular weight excluding hydrogens is 410 g/mol. The highest BCUT2D eigenvalue weighted by Crippen LogP contribution is 2.36. The lowest BCUT2D eigenvalue weighted by molar-refractivity contribution is -0.151. The number of nitrogens with zero attached hydrogens (tertiary/aromatic N) is 2. The standard InChI is InChI=1S/C20H21N3O6S/c1-3-8-17(24)28-13-29-19-14-9-4-5-10-15(14)30(26,27)23(2)18(19)20(25)22-16-11-6-7-12-21-16/h4-7,9-12H,3,8,13H2,1-2H3,(H,21,22,25). The molecule has 9 nitrogen and oxygen atoms in total. The highest BCUT2D eigenvalue weighted by atomic mass is 32.2. The van der Waals surface area contributed by atoms with E-state index in [0.29, 0.717) is 6.42 Å². The van der Waals surface area contributed by atoms with Gasteiger partial charge in [-0.05, 0) is 30.7 Å². The molecule has 0 spiro atoms. The molecule has 0 bridgehead atoms. The zero-order chi connectivity index (χ0) is 21.7. The predicted molar refractivity (Wildman–Crippen MR) is 108 cm³/mol.